The monoisotopic (exact) mass is 249 g/mol. The third-order valence-electron chi connectivity index (χ3n) is 2.50. The number of nitrogens with one attached hydrogen (secondary N) is 1. The second-order valence-electron chi connectivity index (χ2n) is 6.37. The molecule has 1 aromatic rings. The van der Waals surface area contributed by atoms with Gasteiger partial charge in [0.05, 0.1) is 24.1 Å². The van der Waals surface area contributed by atoms with Crippen LogP contribution in [0.15, 0.2) is 28.2 Å². The first-order chi connectivity index (χ1) is 8.21. The zero-order chi connectivity index (χ0) is 13.8. The molecule has 0 fully saturated rings. The van der Waals surface area contributed by atoms with E-state index in [1.165, 1.54) is 0 Å². The van der Waals surface area contributed by atoms with Crippen molar-refractivity contribution in [3.63, 3.8) is 0 Å². The van der Waals surface area contributed by atoms with Gasteiger partial charge in [-0.3, -0.25) is 0 Å². The zero-order valence-electron chi connectivity index (χ0n) is 12.2. The maximum absolute atomic E-state index is 3.99. The second-order valence-corrected chi connectivity index (χ2v) is 6.37. The molecule has 0 aliphatic carbocycles. The van der Waals surface area contributed by atoms with Gasteiger partial charge in [0, 0.05) is 10.8 Å². The molecule has 1 N–H and O–H groups in total. The van der Waals surface area contributed by atoms with Crippen LogP contribution in [0.2, 0.25) is 0 Å². The lowest BCUT2D eigenvalue weighted by molar-refractivity contribution is 0.497. The number of azo groups is 1. The van der Waals surface area contributed by atoms with Crippen LogP contribution in [0.1, 0.15) is 47.2 Å². The van der Waals surface area contributed by atoms with Crippen molar-refractivity contribution in [3.8, 4) is 0 Å². The van der Waals surface area contributed by atoms with Gasteiger partial charge >= 0.3 is 0 Å². The Labute approximate surface area is 109 Å². The molecule has 2 heterocycles. The van der Waals surface area contributed by atoms with Crippen molar-refractivity contribution in [3.05, 3.63) is 23.7 Å². The summed E-state index contributed by atoms with van der Waals surface area (Å²) in [7, 11) is 0. The summed E-state index contributed by atoms with van der Waals surface area (Å²) < 4.78 is 0. The molecule has 0 atom stereocenters. The van der Waals surface area contributed by atoms with Crippen molar-refractivity contribution in [2.75, 3.05) is 6.54 Å². The van der Waals surface area contributed by atoms with Crippen LogP contribution in [0.5, 0.6) is 0 Å². The second kappa shape index (κ2) is 5.42. The average Bonchev–Trinajstić information content (AvgIpc) is 2.91. The van der Waals surface area contributed by atoms with Crippen molar-refractivity contribution < 1.29 is 0 Å². The Balaban J connectivity index is 0.000000180. The summed E-state index contributed by atoms with van der Waals surface area (Å²) in [5.41, 5.74) is 2.41. The maximum Gasteiger partial charge on any atom is 0.0877 e. The Hall–Kier alpha value is -1.52. The smallest absolute Gasteiger partial charge is 0.0877 e. The first-order valence-corrected chi connectivity index (χ1v) is 6.15. The molecule has 1 aliphatic rings. The van der Waals surface area contributed by atoms with E-state index >= 15 is 0 Å². The van der Waals surface area contributed by atoms with Crippen LogP contribution >= 0.6 is 0 Å². The van der Waals surface area contributed by atoms with Gasteiger partial charge in [0.1, 0.15) is 0 Å². The molecule has 18 heavy (non-hydrogen) atoms. The van der Waals surface area contributed by atoms with Gasteiger partial charge in [0.25, 0.3) is 0 Å². The van der Waals surface area contributed by atoms with Crippen LogP contribution in [-0.2, 0) is 5.41 Å². The summed E-state index contributed by atoms with van der Waals surface area (Å²) >= 11 is 0. The van der Waals surface area contributed by atoms with Crippen LogP contribution in [0, 0.1) is 5.41 Å². The fourth-order valence-electron chi connectivity index (χ4n) is 1.30. The standard InChI is InChI=1S/C7H12N2.C6H11N3/c1-7(2,3)6-4-5-8-9-6;1-6(2,3)5-4-7-9-8-5/h4H,5H2,1-3H3;4H,1-3H3,(H,7,8,9). The molecule has 0 unspecified atom stereocenters. The fourth-order valence-corrected chi connectivity index (χ4v) is 1.30. The molecule has 2 rings (SSSR count). The van der Waals surface area contributed by atoms with Gasteiger partial charge in [-0.2, -0.15) is 25.6 Å². The van der Waals surface area contributed by atoms with Gasteiger partial charge in [-0.25, -0.2) is 0 Å². The fraction of sp³-hybridized carbons (Fsp3) is 0.692. The minimum atomic E-state index is 0.118. The first kappa shape index (κ1) is 14.5. The molecule has 0 radical (unpaired) electrons. The van der Waals surface area contributed by atoms with Gasteiger partial charge < -0.3 is 0 Å². The van der Waals surface area contributed by atoms with Crippen molar-refractivity contribution >= 4 is 0 Å². The van der Waals surface area contributed by atoms with Gasteiger partial charge in [-0.15, -0.1) is 0 Å². The van der Waals surface area contributed by atoms with Gasteiger partial charge in [0.2, 0.25) is 0 Å². The number of hydrogen-bond donors (Lipinski definition) is 1. The van der Waals surface area contributed by atoms with Crippen LogP contribution in [0.4, 0.5) is 0 Å². The summed E-state index contributed by atoms with van der Waals surface area (Å²) in [6.07, 6.45) is 3.82. The minimum absolute atomic E-state index is 0.118. The largest absolute Gasteiger partial charge is 0.198 e. The molecule has 0 bridgehead atoms. The molecule has 0 saturated carbocycles. The molecule has 100 valence electrons. The molecule has 5 nitrogen and oxygen atoms in total. The highest BCUT2D eigenvalue weighted by Crippen LogP contribution is 2.28. The Kier molecular flexibility index (Phi) is 4.38. The third-order valence-corrected chi connectivity index (χ3v) is 2.50. The van der Waals surface area contributed by atoms with Crippen LogP contribution in [0.25, 0.3) is 0 Å². The van der Waals surface area contributed by atoms with E-state index in [2.05, 4.69) is 73.3 Å². The molecule has 1 aromatic heterocycles. The van der Waals surface area contributed by atoms with E-state index < -0.39 is 0 Å². The number of aromatic nitrogens is 3. The van der Waals surface area contributed by atoms with E-state index in [0.29, 0.717) is 0 Å². The highest BCUT2D eigenvalue weighted by Gasteiger charge is 2.18. The summed E-state index contributed by atoms with van der Waals surface area (Å²) in [6.45, 7) is 13.5. The predicted octanol–water partition coefficient (Wildman–Crippen LogP) is 3.48. The minimum Gasteiger partial charge on any atom is -0.198 e. The summed E-state index contributed by atoms with van der Waals surface area (Å²) in [5, 5.41) is 18.1. The third kappa shape index (κ3) is 4.39. The van der Waals surface area contributed by atoms with E-state index in [1.807, 2.05) is 0 Å². The van der Waals surface area contributed by atoms with E-state index in [9.17, 15) is 0 Å². The Morgan fingerprint density at radius 1 is 1.06 bits per heavy atom. The predicted molar refractivity (Wildman–Crippen MR) is 72.3 cm³/mol. The van der Waals surface area contributed by atoms with Crippen molar-refractivity contribution in [1.29, 1.82) is 0 Å². The highest BCUT2D eigenvalue weighted by molar-refractivity contribution is 5.11. The quantitative estimate of drug-likeness (QED) is 0.764. The van der Waals surface area contributed by atoms with Gasteiger partial charge in [-0.05, 0) is 6.08 Å². The topological polar surface area (TPSA) is 66.3 Å². The molecule has 5 heteroatoms. The number of rotatable bonds is 0. The number of aromatic amines is 1. The number of allylic oxidation sites excluding steroid dienone is 1. The highest BCUT2D eigenvalue weighted by atomic mass is 15.3. The summed E-state index contributed by atoms with van der Waals surface area (Å²) in [4.78, 5) is 0. The van der Waals surface area contributed by atoms with Gasteiger partial charge in [0.15, 0.2) is 0 Å². The van der Waals surface area contributed by atoms with Crippen molar-refractivity contribution in [2.24, 2.45) is 15.6 Å². The Morgan fingerprint density at radius 3 is 1.94 bits per heavy atom. The molecule has 0 spiro atoms. The summed E-state index contributed by atoms with van der Waals surface area (Å²) in [5.74, 6) is 0. The van der Waals surface area contributed by atoms with Crippen molar-refractivity contribution in [2.45, 2.75) is 47.0 Å². The molecule has 0 saturated heterocycles. The van der Waals surface area contributed by atoms with E-state index in [4.69, 9.17) is 0 Å². The molecule has 0 amide bonds. The van der Waals surface area contributed by atoms with Crippen LogP contribution < -0.4 is 0 Å². The van der Waals surface area contributed by atoms with E-state index in [1.54, 1.807) is 6.20 Å². The SMILES string of the molecule is CC(C)(C)C1=CCN=N1.CC(C)(C)c1cn[nH]n1. The van der Waals surface area contributed by atoms with E-state index in [0.717, 1.165) is 17.9 Å². The van der Waals surface area contributed by atoms with Crippen LogP contribution in [-0.4, -0.2) is 22.0 Å². The lowest BCUT2D eigenvalue weighted by Crippen LogP contribution is -2.11. The number of H-pyrrole nitrogens is 1. The average molecular weight is 249 g/mol. The normalized spacial score (nSPS) is 15.1. The molecular weight excluding hydrogens is 226 g/mol. The molecule has 1 aliphatic heterocycles. The lowest BCUT2D eigenvalue weighted by Gasteiger charge is -2.15. The number of hydrogen-bond acceptors (Lipinski definition) is 4. The number of nitrogens with zero attached hydrogens (tertiary/aromatic N) is 4. The molecule has 0 aromatic carbocycles. The Morgan fingerprint density at radius 2 is 1.72 bits per heavy atom. The maximum atomic E-state index is 3.99. The Bertz CT molecular complexity index is 415. The van der Waals surface area contributed by atoms with E-state index in [-0.39, 0.29) is 10.8 Å². The zero-order valence-corrected chi connectivity index (χ0v) is 12.2. The molecular formula is C13H23N5. The lowest BCUT2D eigenvalue weighted by atomic mass is 9.92. The van der Waals surface area contributed by atoms with Gasteiger partial charge in [-0.1, -0.05) is 41.5 Å². The van der Waals surface area contributed by atoms with Crippen molar-refractivity contribution in [1.82, 2.24) is 15.4 Å². The summed E-state index contributed by atoms with van der Waals surface area (Å²) in [6, 6.07) is 0. The van der Waals surface area contributed by atoms with Crippen LogP contribution in [0.3, 0.4) is 0 Å². The first-order valence-electron chi connectivity index (χ1n) is 6.15.